The Bertz CT molecular complexity index is 1250. The third kappa shape index (κ3) is 3.38. The zero-order chi connectivity index (χ0) is 20.9. The number of benzene rings is 1. The minimum absolute atomic E-state index is 0.111. The summed E-state index contributed by atoms with van der Waals surface area (Å²) in [7, 11) is 0.257. The van der Waals surface area contributed by atoms with E-state index in [0.29, 0.717) is 35.6 Å². The Kier molecular flexibility index (Phi) is 4.62. The second kappa shape index (κ2) is 6.89. The Balaban J connectivity index is 1.99. The maximum Gasteiger partial charge on any atom is 0.275 e. The van der Waals surface area contributed by atoms with Gasteiger partial charge in [-0.25, -0.2) is 27.5 Å². The number of nitrogens with zero attached hydrogens (tertiary/aromatic N) is 5. The highest BCUT2D eigenvalue weighted by Gasteiger charge is 2.32. The van der Waals surface area contributed by atoms with Crippen LogP contribution in [0.5, 0.6) is 0 Å². The molecule has 0 saturated carbocycles. The van der Waals surface area contributed by atoms with Crippen LogP contribution in [0.4, 0.5) is 4.39 Å². The van der Waals surface area contributed by atoms with Gasteiger partial charge in [0.1, 0.15) is 5.82 Å². The van der Waals surface area contributed by atoms with E-state index >= 15 is 0 Å². The Hall–Kier alpha value is -2.85. The van der Waals surface area contributed by atoms with Crippen molar-refractivity contribution >= 4 is 9.84 Å². The third-order valence-corrected chi connectivity index (χ3v) is 5.93. The van der Waals surface area contributed by atoms with Gasteiger partial charge in [-0.3, -0.25) is 9.48 Å². The standard InChI is InChI=1S/C19H20FN5O3S/c1-23(2)14-10-24-17(15-8-9-21-19(22-15)29(3,27)28)16(18(26)25(24)11-14)12-4-6-13(20)7-5-12/h4-9,14H,10-11H2,1-3H3. The van der Waals surface area contributed by atoms with Crippen LogP contribution in [0.2, 0.25) is 0 Å². The first-order valence-corrected chi connectivity index (χ1v) is 10.9. The molecule has 1 aromatic carbocycles. The van der Waals surface area contributed by atoms with Gasteiger partial charge in [0.15, 0.2) is 0 Å². The van der Waals surface area contributed by atoms with Crippen LogP contribution in [-0.4, -0.2) is 59.0 Å². The zero-order valence-corrected chi connectivity index (χ0v) is 17.0. The molecule has 0 saturated heterocycles. The van der Waals surface area contributed by atoms with Crippen molar-refractivity contribution in [1.82, 2.24) is 24.2 Å². The van der Waals surface area contributed by atoms with Gasteiger partial charge < -0.3 is 4.90 Å². The van der Waals surface area contributed by atoms with Crippen molar-refractivity contribution in [2.24, 2.45) is 0 Å². The first kappa shape index (κ1) is 19.5. The van der Waals surface area contributed by atoms with Crippen molar-refractivity contribution < 1.29 is 12.8 Å². The first-order chi connectivity index (χ1) is 13.7. The van der Waals surface area contributed by atoms with E-state index in [-0.39, 0.29) is 16.8 Å². The quantitative estimate of drug-likeness (QED) is 0.594. The molecule has 0 aliphatic carbocycles. The van der Waals surface area contributed by atoms with Crippen molar-refractivity contribution in [2.45, 2.75) is 24.3 Å². The average Bonchev–Trinajstić information content (AvgIpc) is 3.21. The van der Waals surface area contributed by atoms with Crippen LogP contribution in [0.25, 0.3) is 22.5 Å². The van der Waals surface area contributed by atoms with Crippen molar-refractivity contribution in [1.29, 1.82) is 0 Å². The zero-order valence-electron chi connectivity index (χ0n) is 16.2. The molecular formula is C19H20FN5O3S. The van der Waals surface area contributed by atoms with Gasteiger partial charge in [-0.2, -0.15) is 0 Å². The molecule has 0 spiro atoms. The summed E-state index contributed by atoms with van der Waals surface area (Å²) < 4.78 is 40.8. The fourth-order valence-corrected chi connectivity index (χ4v) is 4.05. The Morgan fingerprint density at radius 1 is 1.10 bits per heavy atom. The number of hydrogen-bond donors (Lipinski definition) is 0. The molecule has 0 amide bonds. The number of sulfone groups is 1. The van der Waals surface area contributed by atoms with Gasteiger partial charge in [0.2, 0.25) is 15.0 Å². The first-order valence-electron chi connectivity index (χ1n) is 8.96. The normalized spacial score (nSPS) is 16.4. The SMILES string of the molecule is CN(C)C1Cn2c(-c3ccnc(S(C)(=O)=O)n3)c(-c3ccc(F)cc3)c(=O)n2C1. The highest BCUT2D eigenvalue weighted by molar-refractivity contribution is 7.90. The summed E-state index contributed by atoms with van der Waals surface area (Å²) >= 11 is 0. The molecule has 4 rings (SSSR count). The minimum atomic E-state index is -3.62. The molecule has 1 atom stereocenters. The van der Waals surface area contributed by atoms with Gasteiger partial charge in [-0.15, -0.1) is 0 Å². The highest BCUT2D eigenvalue weighted by Crippen LogP contribution is 2.32. The Morgan fingerprint density at radius 3 is 2.38 bits per heavy atom. The average molecular weight is 417 g/mol. The van der Waals surface area contributed by atoms with E-state index in [1.807, 2.05) is 23.7 Å². The molecule has 1 unspecified atom stereocenters. The van der Waals surface area contributed by atoms with Crippen LogP contribution in [-0.2, 0) is 22.9 Å². The van der Waals surface area contributed by atoms with Crippen LogP contribution in [0.15, 0.2) is 46.5 Å². The largest absolute Gasteiger partial charge is 0.303 e. The van der Waals surface area contributed by atoms with Crippen molar-refractivity contribution in [2.75, 3.05) is 20.4 Å². The van der Waals surface area contributed by atoms with Crippen LogP contribution < -0.4 is 5.56 Å². The van der Waals surface area contributed by atoms with Crippen molar-refractivity contribution in [3.05, 3.63) is 52.7 Å². The van der Waals surface area contributed by atoms with E-state index in [2.05, 4.69) is 9.97 Å². The summed E-state index contributed by atoms with van der Waals surface area (Å²) in [5.41, 5.74) is 1.51. The maximum atomic E-state index is 13.4. The molecular weight excluding hydrogens is 397 g/mol. The number of aromatic nitrogens is 4. The van der Waals surface area contributed by atoms with E-state index in [0.717, 1.165) is 6.26 Å². The molecule has 152 valence electrons. The summed E-state index contributed by atoms with van der Waals surface area (Å²) in [6.45, 7) is 1.03. The van der Waals surface area contributed by atoms with Gasteiger partial charge in [0, 0.05) is 18.5 Å². The molecule has 0 radical (unpaired) electrons. The van der Waals surface area contributed by atoms with E-state index in [9.17, 15) is 17.6 Å². The molecule has 8 nitrogen and oxygen atoms in total. The van der Waals surface area contributed by atoms with Gasteiger partial charge in [-0.1, -0.05) is 12.1 Å². The fraction of sp³-hybridized carbons (Fsp3) is 0.316. The molecule has 1 aliphatic heterocycles. The predicted molar refractivity (Wildman–Crippen MR) is 106 cm³/mol. The molecule has 29 heavy (non-hydrogen) atoms. The molecule has 0 fully saturated rings. The van der Waals surface area contributed by atoms with Crippen LogP contribution in [0.1, 0.15) is 0 Å². The van der Waals surface area contributed by atoms with E-state index in [1.165, 1.54) is 30.5 Å². The van der Waals surface area contributed by atoms with E-state index in [1.54, 1.807) is 10.7 Å². The fourth-order valence-electron chi connectivity index (χ4n) is 3.53. The predicted octanol–water partition coefficient (Wildman–Crippen LogP) is 1.26. The second-order valence-electron chi connectivity index (χ2n) is 7.31. The lowest BCUT2D eigenvalue weighted by molar-refractivity contribution is 0.283. The number of fused-ring (bicyclic) bond motifs is 1. The summed E-state index contributed by atoms with van der Waals surface area (Å²) in [5.74, 6) is -0.406. The second-order valence-corrected chi connectivity index (χ2v) is 9.22. The number of rotatable bonds is 4. The molecule has 10 heteroatoms. The monoisotopic (exact) mass is 417 g/mol. The lowest BCUT2D eigenvalue weighted by Crippen LogP contribution is -2.31. The third-order valence-electron chi connectivity index (χ3n) is 5.07. The summed E-state index contributed by atoms with van der Waals surface area (Å²) in [6.07, 6.45) is 2.39. The molecule has 2 aromatic heterocycles. The Labute approximate surface area is 167 Å². The number of halogens is 1. The minimum Gasteiger partial charge on any atom is -0.303 e. The highest BCUT2D eigenvalue weighted by atomic mass is 32.2. The van der Waals surface area contributed by atoms with E-state index in [4.69, 9.17) is 0 Å². The number of likely N-dealkylation sites (N-methyl/N-ethyl adjacent to an activating group) is 1. The van der Waals surface area contributed by atoms with Crippen molar-refractivity contribution in [3.8, 4) is 22.5 Å². The van der Waals surface area contributed by atoms with Gasteiger partial charge in [-0.05, 0) is 37.9 Å². The molecule has 0 bridgehead atoms. The molecule has 0 N–H and O–H groups in total. The van der Waals surface area contributed by atoms with Crippen molar-refractivity contribution in [3.63, 3.8) is 0 Å². The van der Waals surface area contributed by atoms with Gasteiger partial charge in [0.25, 0.3) is 5.56 Å². The lowest BCUT2D eigenvalue weighted by atomic mass is 10.0. The molecule has 1 aliphatic rings. The molecule has 3 aromatic rings. The number of hydrogen-bond acceptors (Lipinski definition) is 6. The van der Waals surface area contributed by atoms with E-state index < -0.39 is 15.7 Å². The smallest absolute Gasteiger partial charge is 0.275 e. The molecule has 3 heterocycles. The van der Waals surface area contributed by atoms with Gasteiger partial charge >= 0.3 is 0 Å². The lowest BCUT2D eigenvalue weighted by Gasteiger charge is -2.17. The Morgan fingerprint density at radius 2 is 1.76 bits per heavy atom. The summed E-state index contributed by atoms with van der Waals surface area (Å²) in [4.78, 5) is 23.4. The maximum absolute atomic E-state index is 13.4. The summed E-state index contributed by atoms with van der Waals surface area (Å²) in [5, 5.41) is -0.310. The van der Waals surface area contributed by atoms with Crippen LogP contribution in [0.3, 0.4) is 0 Å². The topological polar surface area (TPSA) is 90.1 Å². The van der Waals surface area contributed by atoms with Crippen LogP contribution in [0, 0.1) is 5.82 Å². The van der Waals surface area contributed by atoms with Crippen LogP contribution >= 0.6 is 0 Å². The van der Waals surface area contributed by atoms with Gasteiger partial charge in [0.05, 0.1) is 30.0 Å². The summed E-state index contributed by atoms with van der Waals surface area (Å²) in [6, 6.07) is 7.34.